The van der Waals surface area contributed by atoms with Gasteiger partial charge in [0.2, 0.25) is 5.91 Å². The molecule has 186 valence electrons. The Morgan fingerprint density at radius 1 is 1.06 bits per heavy atom. The molecule has 3 rings (SSSR count). The van der Waals surface area contributed by atoms with E-state index >= 15 is 0 Å². The number of nitrogens with zero attached hydrogens (tertiary/aromatic N) is 3. The van der Waals surface area contributed by atoms with Crippen molar-refractivity contribution in [2.24, 2.45) is 5.92 Å². The number of piperidine rings is 2. The second-order valence-corrected chi connectivity index (χ2v) is 10.3. The number of hydrazine groups is 1. The Balaban J connectivity index is 1.52. The van der Waals surface area contributed by atoms with Gasteiger partial charge in [-0.15, -0.1) is 4.28 Å². The van der Waals surface area contributed by atoms with E-state index in [0.29, 0.717) is 24.4 Å². The van der Waals surface area contributed by atoms with Gasteiger partial charge in [0, 0.05) is 19.6 Å². The Morgan fingerprint density at radius 3 is 2.36 bits per heavy atom. The van der Waals surface area contributed by atoms with Crippen molar-refractivity contribution < 1.29 is 41.2 Å². The SMILES string of the molecule is CC(C)(C)OC(=O)N1CCCC(C(=O)NNC(=O)C2CC[C@H]3CN2C(=O)N3OS(=O)(=O)O)C1. The maximum Gasteiger partial charge on any atom is 0.418 e. The zero-order chi connectivity index (χ0) is 24.6. The summed E-state index contributed by atoms with van der Waals surface area (Å²) in [6.07, 6.45) is 1.08. The molecule has 5 amide bonds. The first-order valence-corrected chi connectivity index (χ1v) is 12.0. The van der Waals surface area contributed by atoms with Crippen LogP contribution in [-0.2, 0) is 29.0 Å². The minimum absolute atomic E-state index is 0.0356. The molecule has 3 saturated heterocycles. The van der Waals surface area contributed by atoms with E-state index in [2.05, 4.69) is 15.1 Å². The van der Waals surface area contributed by atoms with Crippen LogP contribution in [0.2, 0.25) is 0 Å². The third kappa shape index (κ3) is 6.23. The van der Waals surface area contributed by atoms with E-state index in [0.717, 1.165) is 4.90 Å². The van der Waals surface area contributed by atoms with Crippen LogP contribution in [0.25, 0.3) is 0 Å². The molecule has 0 aliphatic carbocycles. The Bertz CT molecular complexity index is 919. The molecule has 3 N–H and O–H groups in total. The molecule has 15 heteroatoms. The van der Waals surface area contributed by atoms with E-state index in [1.807, 2.05) is 0 Å². The first-order chi connectivity index (χ1) is 15.2. The third-order valence-corrected chi connectivity index (χ3v) is 5.90. The van der Waals surface area contributed by atoms with Gasteiger partial charge in [-0.2, -0.15) is 13.5 Å². The van der Waals surface area contributed by atoms with Crippen LogP contribution < -0.4 is 10.9 Å². The maximum atomic E-state index is 12.6. The van der Waals surface area contributed by atoms with Crippen LogP contribution in [0.4, 0.5) is 9.59 Å². The minimum Gasteiger partial charge on any atom is -0.444 e. The molecule has 3 aliphatic rings. The number of hydroxylamine groups is 2. The summed E-state index contributed by atoms with van der Waals surface area (Å²) in [6.45, 7) is 5.90. The molecular weight excluding hydrogens is 462 g/mol. The van der Waals surface area contributed by atoms with Crippen LogP contribution in [0.15, 0.2) is 0 Å². The molecule has 0 aromatic rings. The van der Waals surface area contributed by atoms with Crippen molar-refractivity contribution in [2.45, 2.75) is 64.1 Å². The molecule has 14 nitrogen and oxygen atoms in total. The van der Waals surface area contributed by atoms with Gasteiger partial charge in [-0.25, -0.2) is 9.59 Å². The standard InChI is InChI=1S/C18H29N5O9S/c1-18(2,3)31-17(27)21-8-4-5-11(9-21)14(24)19-20-15(25)13-7-6-12-10-22(13)16(26)23(12)32-33(28,29)30/h11-13H,4-10H2,1-3H3,(H,19,24)(H,20,25)(H,28,29,30)/t11?,12-,13?/m0/s1. The summed E-state index contributed by atoms with van der Waals surface area (Å²) in [5, 5.41) is 0.536. The average Bonchev–Trinajstić information content (AvgIpc) is 2.94. The predicted octanol–water partition coefficient (Wildman–Crippen LogP) is -0.216. The van der Waals surface area contributed by atoms with E-state index < -0.39 is 57.9 Å². The van der Waals surface area contributed by atoms with Crippen molar-refractivity contribution in [2.75, 3.05) is 19.6 Å². The van der Waals surface area contributed by atoms with Crippen LogP contribution in [-0.4, -0.2) is 89.1 Å². The van der Waals surface area contributed by atoms with Gasteiger partial charge < -0.3 is 14.5 Å². The lowest BCUT2D eigenvalue weighted by Crippen LogP contribution is -2.56. The molecule has 3 heterocycles. The van der Waals surface area contributed by atoms with Gasteiger partial charge in [0.25, 0.3) is 5.91 Å². The quantitative estimate of drug-likeness (QED) is 0.355. The molecule has 2 unspecified atom stereocenters. The number of likely N-dealkylation sites (tertiary alicyclic amines) is 1. The Kier molecular flexibility index (Phi) is 7.04. The Hall–Kier alpha value is -2.65. The van der Waals surface area contributed by atoms with E-state index in [1.54, 1.807) is 20.8 Å². The number of ether oxygens (including phenoxy) is 1. The highest BCUT2D eigenvalue weighted by Gasteiger charge is 2.49. The zero-order valence-electron chi connectivity index (χ0n) is 18.6. The second kappa shape index (κ2) is 9.30. The number of amides is 5. The van der Waals surface area contributed by atoms with E-state index in [1.165, 1.54) is 4.90 Å². The van der Waals surface area contributed by atoms with Gasteiger partial charge in [-0.05, 0) is 46.5 Å². The first kappa shape index (κ1) is 25.0. The highest BCUT2D eigenvalue weighted by Crippen LogP contribution is 2.30. The molecular formula is C18H29N5O9S. The summed E-state index contributed by atoms with van der Waals surface area (Å²) in [4.78, 5) is 52.4. The Labute approximate surface area is 191 Å². The van der Waals surface area contributed by atoms with Crippen molar-refractivity contribution in [1.29, 1.82) is 0 Å². The van der Waals surface area contributed by atoms with Crippen molar-refractivity contribution in [3.8, 4) is 0 Å². The van der Waals surface area contributed by atoms with Crippen molar-refractivity contribution in [3.63, 3.8) is 0 Å². The lowest BCUT2D eigenvalue weighted by molar-refractivity contribution is -0.134. The van der Waals surface area contributed by atoms with E-state index in [9.17, 15) is 27.6 Å². The van der Waals surface area contributed by atoms with Gasteiger partial charge in [-0.3, -0.25) is 25.0 Å². The van der Waals surface area contributed by atoms with Crippen LogP contribution in [0, 0.1) is 5.92 Å². The van der Waals surface area contributed by atoms with Gasteiger partial charge in [0.05, 0.1) is 12.0 Å². The lowest BCUT2D eigenvalue weighted by atomic mass is 9.97. The highest BCUT2D eigenvalue weighted by molar-refractivity contribution is 7.80. The van der Waals surface area contributed by atoms with Gasteiger partial charge in [-0.1, -0.05) is 0 Å². The predicted molar refractivity (Wildman–Crippen MR) is 110 cm³/mol. The normalized spacial score (nSPS) is 25.6. The van der Waals surface area contributed by atoms with Gasteiger partial charge >= 0.3 is 22.5 Å². The van der Waals surface area contributed by atoms with Crippen molar-refractivity contribution in [1.82, 2.24) is 25.7 Å². The number of carbonyl (C=O) groups is 4. The molecule has 3 atom stereocenters. The molecule has 0 radical (unpaired) electrons. The molecule has 0 saturated carbocycles. The fourth-order valence-electron chi connectivity index (χ4n) is 4.10. The van der Waals surface area contributed by atoms with Crippen LogP contribution in [0.1, 0.15) is 46.5 Å². The molecule has 0 aromatic heterocycles. The smallest absolute Gasteiger partial charge is 0.418 e. The summed E-state index contributed by atoms with van der Waals surface area (Å²) in [5.74, 6) is -1.67. The average molecular weight is 492 g/mol. The summed E-state index contributed by atoms with van der Waals surface area (Å²) in [5.41, 5.74) is 3.99. The van der Waals surface area contributed by atoms with E-state index in [4.69, 9.17) is 9.29 Å². The molecule has 3 aliphatic heterocycles. The number of rotatable bonds is 4. The molecule has 2 bridgehead atoms. The number of carbonyl (C=O) groups excluding carboxylic acids is 4. The zero-order valence-corrected chi connectivity index (χ0v) is 19.5. The van der Waals surface area contributed by atoms with Crippen LogP contribution >= 0.6 is 0 Å². The largest absolute Gasteiger partial charge is 0.444 e. The van der Waals surface area contributed by atoms with Gasteiger partial charge in [0.1, 0.15) is 11.6 Å². The fraction of sp³-hybridized carbons (Fsp3) is 0.778. The first-order valence-electron chi connectivity index (χ1n) is 10.6. The maximum absolute atomic E-state index is 12.6. The Morgan fingerprint density at radius 2 is 1.73 bits per heavy atom. The third-order valence-electron chi connectivity index (χ3n) is 5.55. The monoisotopic (exact) mass is 491 g/mol. The second-order valence-electron chi connectivity index (χ2n) is 9.25. The number of hydrogen-bond acceptors (Lipinski definition) is 8. The number of urea groups is 1. The molecule has 33 heavy (non-hydrogen) atoms. The summed E-state index contributed by atoms with van der Waals surface area (Å²) in [7, 11) is -4.89. The lowest BCUT2D eigenvalue weighted by Gasteiger charge is -2.33. The number of fused-ring (bicyclic) bond motifs is 2. The fourth-order valence-corrected chi connectivity index (χ4v) is 4.48. The summed E-state index contributed by atoms with van der Waals surface area (Å²) >= 11 is 0. The van der Waals surface area contributed by atoms with Gasteiger partial charge in [0.15, 0.2) is 0 Å². The summed E-state index contributed by atoms with van der Waals surface area (Å²) < 4.78 is 40.4. The highest BCUT2D eigenvalue weighted by atomic mass is 32.3. The number of nitrogens with one attached hydrogen (secondary N) is 2. The minimum atomic E-state index is -4.89. The molecule has 0 spiro atoms. The van der Waals surface area contributed by atoms with E-state index in [-0.39, 0.29) is 25.9 Å². The van der Waals surface area contributed by atoms with Crippen LogP contribution in [0.3, 0.4) is 0 Å². The van der Waals surface area contributed by atoms with Crippen LogP contribution in [0.5, 0.6) is 0 Å². The van der Waals surface area contributed by atoms with Crippen molar-refractivity contribution >= 4 is 34.3 Å². The molecule has 3 fully saturated rings. The summed E-state index contributed by atoms with van der Waals surface area (Å²) in [6, 6.07) is -2.45. The van der Waals surface area contributed by atoms with Crippen molar-refractivity contribution in [3.05, 3.63) is 0 Å². The topological polar surface area (TPSA) is 175 Å². The molecule has 0 aromatic carbocycles. The number of hydrogen-bond donors (Lipinski definition) is 3.